The highest BCUT2D eigenvalue weighted by Crippen LogP contribution is 2.47. The zero-order valence-corrected chi connectivity index (χ0v) is 20.1. The Kier molecular flexibility index (Phi) is 7.32. The Morgan fingerprint density at radius 3 is 2.65 bits per heavy atom. The number of carbonyl (C=O) groups is 2. The number of amidine groups is 1. The van der Waals surface area contributed by atoms with E-state index in [-0.39, 0.29) is 12.3 Å². The van der Waals surface area contributed by atoms with Crippen LogP contribution in [0.4, 0.5) is 0 Å². The van der Waals surface area contributed by atoms with Gasteiger partial charge in [-0.1, -0.05) is 43.0 Å². The van der Waals surface area contributed by atoms with Crippen LogP contribution in [0.3, 0.4) is 0 Å². The Morgan fingerprint density at radius 2 is 1.94 bits per heavy atom. The normalized spacial score (nSPS) is 17.0. The zero-order chi connectivity index (χ0) is 24.1. The zero-order valence-electron chi connectivity index (χ0n) is 19.3. The molecule has 0 aliphatic carbocycles. The van der Waals surface area contributed by atoms with Gasteiger partial charge in [-0.2, -0.15) is 0 Å². The van der Waals surface area contributed by atoms with E-state index in [0.717, 1.165) is 17.0 Å². The monoisotopic (exact) mass is 478 g/mol. The average Bonchev–Trinajstić information content (AvgIpc) is 3.28. The molecule has 1 aromatic carbocycles. The molecule has 3 heterocycles. The number of methoxy groups -OCH3 is 2. The molecular formula is C25H26N4O4S. The number of esters is 1. The van der Waals surface area contributed by atoms with E-state index in [9.17, 15) is 9.59 Å². The van der Waals surface area contributed by atoms with Crippen LogP contribution in [-0.4, -0.2) is 41.1 Å². The summed E-state index contributed by atoms with van der Waals surface area (Å²) in [7, 11) is 2.96. The summed E-state index contributed by atoms with van der Waals surface area (Å²) in [5.74, 6) is 0.0373. The Bertz CT molecular complexity index is 1180. The number of hydrogen-bond acceptors (Lipinski definition) is 8. The van der Waals surface area contributed by atoms with Crippen LogP contribution in [0.1, 0.15) is 37.1 Å². The van der Waals surface area contributed by atoms with Crippen LogP contribution in [0, 0.1) is 0 Å². The van der Waals surface area contributed by atoms with Crippen molar-refractivity contribution in [1.82, 2.24) is 15.2 Å². The number of para-hydroxylation sites is 1. The first-order valence-electron chi connectivity index (χ1n) is 10.9. The summed E-state index contributed by atoms with van der Waals surface area (Å²) in [6, 6.07) is 12.6. The third kappa shape index (κ3) is 4.70. The fourth-order valence-electron chi connectivity index (χ4n) is 4.02. The number of fused-ring (bicyclic) bond motifs is 1. The predicted molar refractivity (Wildman–Crippen MR) is 131 cm³/mol. The summed E-state index contributed by atoms with van der Waals surface area (Å²) in [6.07, 6.45) is 2.38. The second kappa shape index (κ2) is 10.6. The van der Waals surface area contributed by atoms with E-state index in [1.54, 1.807) is 13.3 Å². The predicted octanol–water partition coefficient (Wildman–Crippen LogP) is 3.93. The van der Waals surface area contributed by atoms with Crippen molar-refractivity contribution >= 4 is 28.8 Å². The molecule has 2 aliphatic rings. The fraction of sp³-hybridized carbons (Fsp3) is 0.280. The number of aromatic nitrogens is 1. The molecule has 2 aliphatic heterocycles. The van der Waals surface area contributed by atoms with Gasteiger partial charge in [0.15, 0.2) is 5.17 Å². The molecule has 9 heteroatoms. The second-order valence-electron chi connectivity index (χ2n) is 7.62. The van der Waals surface area contributed by atoms with Crippen molar-refractivity contribution in [1.29, 1.82) is 0 Å². The molecule has 1 atom stereocenters. The van der Waals surface area contributed by atoms with Crippen LogP contribution in [0.5, 0.6) is 5.75 Å². The topological polar surface area (TPSA) is 93.1 Å². The Balaban J connectivity index is 1.67. The molecule has 8 nitrogen and oxygen atoms in total. The van der Waals surface area contributed by atoms with Gasteiger partial charge in [0.2, 0.25) is 5.91 Å². The van der Waals surface area contributed by atoms with Crippen LogP contribution in [0.15, 0.2) is 76.0 Å². The number of rotatable bonds is 8. The van der Waals surface area contributed by atoms with E-state index in [2.05, 4.69) is 10.3 Å². The summed E-state index contributed by atoms with van der Waals surface area (Å²) in [5, 5.41) is 5.54. The largest absolute Gasteiger partial charge is 0.496 e. The van der Waals surface area contributed by atoms with Gasteiger partial charge in [0.25, 0.3) is 0 Å². The van der Waals surface area contributed by atoms with Crippen molar-refractivity contribution in [3.8, 4) is 5.75 Å². The van der Waals surface area contributed by atoms with Gasteiger partial charge < -0.3 is 19.7 Å². The van der Waals surface area contributed by atoms with Gasteiger partial charge in [0.05, 0.1) is 50.2 Å². The van der Waals surface area contributed by atoms with Crippen molar-refractivity contribution in [2.75, 3.05) is 14.2 Å². The van der Waals surface area contributed by atoms with Gasteiger partial charge in [-0.25, -0.2) is 9.79 Å². The van der Waals surface area contributed by atoms with E-state index < -0.39 is 12.0 Å². The number of nitrogens with zero attached hydrogens (tertiary/aromatic N) is 3. The van der Waals surface area contributed by atoms with E-state index in [1.165, 1.54) is 18.9 Å². The minimum atomic E-state index is -0.532. The molecule has 1 amide bonds. The molecule has 34 heavy (non-hydrogen) atoms. The van der Waals surface area contributed by atoms with Crippen LogP contribution in [-0.2, 0) is 20.9 Å². The smallest absolute Gasteiger partial charge is 0.338 e. The number of ether oxygens (including phenoxy) is 2. The average molecular weight is 479 g/mol. The van der Waals surface area contributed by atoms with Gasteiger partial charge in [0, 0.05) is 17.5 Å². The molecule has 1 unspecified atom stereocenters. The van der Waals surface area contributed by atoms with Crippen molar-refractivity contribution in [2.24, 2.45) is 4.99 Å². The Labute approximate surface area is 202 Å². The van der Waals surface area contributed by atoms with Crippen molar-refractivity contribution in [2.45, 2.75) is 32.4 Å². The molecular weight excluding hydrogens is 452 g/mol. The molecule has 0 radical (unpaired) electrons. The Hall–Kier alpha value is -3.59. The Morgan fingerprint density at radius 1 is 1.15 bits per heavy atom. The minimum absolute atomic E-state index is 0.125. The van der Waals surface area contributed by atoms with Gasteiger partial charge in [0.1, 0.15) is 5.75 Å². The summed E-state index contributed by atoms with van der Waals surface area (Å²) in [5.41, 5.74) is 3.43. The number of amides is 1. The third-order valence-corrected chi connectivity index (χ3v) is 6.49. The molecule has 4 rings (SSSR count). The maximum Gasteiger partial charge on any atom is 0.338 e. The van der Waals surface area contributed by atoms with E-state index >= 15 is 0 Å². The quantitative estimate of drug-likeness (QED) is 0.575. The molecule has 0 spiro atoms. The maximum atomic E-state index is 13.0. The van der Waals surface area contributed by atoms with Gasteiger partial charge in [-0.3, -0.25) is 9.78 Å². The van der Waals surface area contributed by atoms with Gasteiger partial charge in [-0.15, -0.1) is 0 Å². The number of thioether (sulfide) groups is 1. The van der Waals surface area contributed by atoms with E-state index in [0.29, 0.717) is 35.2 Å². The highest BCUT2D eigenvalue weighted by Gasteiger charge is 2.42. The number of aliphatic imine (C=N–C) groups is 1. The standard InChI is InChI=1S/C25H26N4O4S/c1-4-19-22(24(31)33-3)23(18-10-5-6-11-20(18)32-2)29-17(15-34-25(29)28-19)13-21(30)27-14-16-9-7-8-12-26-16/h5-12,15,23H,4,13-14H2,1-3H3,(H,27,30). The number of pyridine rings is 1. The summed E-state index contributed by atoms with van der Waals surface area (Å²) in [4.78, 5) is 36.7. The first-order valence-corrected chi connectivity index (χ1v) is 11.8. The van der Waals surface area contributed by atoms with Crippen molar-refractivity contribution < 1.29 is 19.1 Å². The highest BCUT2D eigenvalue weighted by atomic mass is 32.2. The number of hydrogen-bond donors (Lipinski definition) is 1. The molecule has 1 N–H and O–H groups in total. The number of allylic oxidation sites excluding steroid dienone is 1. The summed E-state index contributed by atoms with van der Waals surface area (Å²) >= 11 is 1.44. The van der Waals surface area contributed by atoms with Crippen LogP contribution < -0.4 is 10.1 Å². The molecule has 0 saturated carbocycles. The number of carbonyl (C=O) groups excluding carboxylic acids is 2. The van der Waals surface area contributed by atoms with E-state index in [1.807, 2.05) is 59.7 Å². The lowest BCUT2D eigenvalue weighted by Gasteiger charge is -2.37. The molecule has 0 bridgehead atoms. The maximum absolute atomic E-state index is 13.0. The third-order valence-electron chi connectivity index (χ3n) is 5.60. The fourth-order valence-corrected chi connectivity index (χ4v) is 4.96. The lowest BCUT2D eigenvalue weighted by atomic mass is 9.92. The number of benzene rings is 1. The van der Waals surface area contributed by atoms with E-state index in [4.69, 9.17) is 14.5 Å². The van der Waals surface area contributed by atoms with Gasteiger partial charge in [-0.05, 0) is 30.0 Å². The first-order chi connectivity index (χ1) is 16.6. The number of nitrogens with one attached hydrogen (secondary N) is 1. The van der Waals surface area contributed by atoms with Crippen LogP contribution >= 0.6 is 11.8 Å². The molecule has 0 fully saturated rings. The summed E-state index contributed by atoms with van der Waals surface area (Å²) in [6.45, 7) is 2.29. The van der Waals surface area contributed by atoms with Crippen LogP contribution in [0.25, 0.3) is 0 Å². The van der Waals surface area contributed by atoms with Crippen molar-refractivity contribution in [3.05, 3.63) is 82.3 Å². The van der Waals surface area contributed by atoms with Gasteiger partial charge >= 0.3 is 5.97 Å². The second-order valence-corrected chi connectivity index (χ2v) is 8.45. The highest BCUT2D eigenvalue weighted by molar-refractivity contribution is 8.16. The molecule has 1 aromatic heterocycles. The molecule has 176 valence electrons. The van der Waals surface area contributed by atoms with Crippen LogP contribution in [0.2, 0.25) is 0 Å². The minimum Gasteiger partial charge on any atom is -0.496 e. The molecule has 2 aromatic rings. The first kappa shape index (κ1) is 23.6. The van der Waals surface area contributed by atoms with Crippen molar-refractivity contribution in [3.63, 3.8) is 0 Å². The lowest BCUT2D eigenvalue weighted by Crippen LogP contribution is -2.38. The molecule has 0 saturated heterocycles. The SMILES string of the molecule is CCC1=C(C(=O)OC)C(c2ccccc2OC)N2C(CC(=O)NCc3ccccn3)=CSC2=N1. The lowest BCUT2D eigenvalue weighted by molar-refractivity contribution is -0.136. The summed E-state index contributed by atoms with van der Waals surface area (Å²) < 4.78 is 10.8.